The lowest BCUT2D eigenvalue weighted by atomic mass is 9.61. The van der Waals surface area contributed by atoms with Gasteiger partial charge in [-0.25, -0.2) is 9.50 Å². The van der Waals surface area contributed by atoms with Gasteiger partial charge in [-0.05, 0) is 26.0 Å². The van der Waals surface area contributed by atoms with E-state index >= 15 is 0 Å². The number of aliphatic hydroxyl groups is 1. The van der Waals surface area contributed by atoms with Gasteiger partial charge in [-0.3, -0.25) is 0 Å². The van der Waals surface area contributed by atoms with Gasteiger partial charge < -0.3 is 25.1 Å². The molecule has 1 unspecified atom stereocenters. The van der Waals surface area contributed by atoms with E-state index in [4.69, 9.17) is 19.9 Å². The van der Waals surface area contributed by atoms with Crippen LogP contribution in [0.25, 0.3) is 5.52 Å². The van der Waals surface area contributed by atoms with Crippen LogP contribution < -0.4 is 5.73 Å². The van der Waals surface area contributed by atoms with Gasteiger partial charge in [0.25, 0.3) is 0 Å². The second-order valence-corrected chi connectivity index (χ2v) is 7.72. The van der Waals surface area contributed by atoms with Crippen molar-refractivity contribution in [2.75, 3.05) is 5.73 Å². The molecule has 2 aliphatic heterocycles. The van der Waals surface area contributed by atoms with Crippen LogP contribution in [0.15, 0.2) is 18.5 Å². The van der Waals surface area contributed by atoms with E-state index in [0.717, 1.165) is 0 Å². The van der Waals surface area contributed by atoms with Gasteiger partial charge in [0.1, 0.15) is 51.9 Å². The molecule has 4 rings (SSSR count). The highest BCUT2D eigenvalue weighted by atomic mass is 16.8. The summed E-state index contributed by atoms with van der Waals surface area (Å²) in [6.07, 6.45) is -0.812. The Morgan fingerprint density at radius 1 is 1.35 bits per heavy atom. The van der Waals surface area contributed by atoms with Gasteiger partial charge >= 0.3 is 0 Å². The summed E-state index contributed by atoms with van der Waals surface area (Å²) in [5.41, 5.74) is 5.40. The predicted octanol–water partition coefficient (Wildman–Crippen LogP) is -2.14. The molecule has 134 valence electrons. The molecular weight excluding hydrogens is 336 g/mol. The van der Waals surface area contributed by atoms with Crippen molar-refractivity contribution in [3.8, 4) is 6.07 Å². The van der Waals surface area contributed by atoms with Gasteiger partial charge in [-0.1, -0.05) is 0 Å². The van der Waals surface area contributed by atoms with Crippen molar-refractivity contribution in [2.45, 2.75) is 48.9 Å². The highest BCUT2D eigenvalue weighted by molar-refractivity contribution is 6.39. The van der Waals surface area contributed by atoms with Crippen LogP contribution in [0, 0.1) is 11.3 Å². The number of rotatable bonds is 2. The molecule has 0 aromatic carbocycles. The van der Waals surface area contributed by atoms with Crippen LogP contribution in [0.3, 0.4) is 0 Å². The minimum Gasteiger partial charge on any atom is -0.405 e. The Labute approximate surface area is 151 Å². The molecule has 2 aliphatic rings. The van der Waals surface area contributed by atoms with Crippen LogP contribution in [0.1, 0.15) is 19.5 Å². The van der Waals surface area contributed by atoms with Gasteiger partial charge in [0, 0.05) is 5.40 Å². The largest absolute Gasteiger partial charge is 0.405 e. The Bertz CT molecular complexity index is 921. The number of hydrogen-bond donors (Lipinski definition) is 2. The number of nitrogens with zero attached hydrogens (tertiary/aromatic N) is 4. The molecule has 2 aromatic heterocycles. The molecule has 9 nitrogen and oxygen atoms in total. The standard InChI is InChI=1S/C15H19B2N5O4/c1-13(2)24-9-10(25-13)14(5-18,26-11(9)15(16,17)23)8-4-3-7-12(19)20-6-21-22(7)8/h3-4,6,9-11,23H,16-17H2,1-2H3,(H2,19,20,21)/t9-,10+,11?,14-/m0/s1. The molecule has 0 amide bonds. The Balaban J connectivity index is 1.92. The average Bonchev–Trinajstić information content (AvgIpc) is 3.17. The molecule has 0 radical (unpaired) electrons. The molecule has 0 aliphatic carbocycles. The monoisotopic (exact) mass is 355 g/mol. The van der Waals surface area contributed by atoms with Crippen LogP contribution >= 0.6 is 0 Å². The maximum Gasteiger partial charge on any atom is 0.226 e. The van der Waals surface area contributed by atoms with Crippen molar-refractivity contribution in [1.29, 1.82) is 5.26 Å². The quantitative estimate of drug-likeness (QED) is 0.585. The lowest BCUT2D eigenvalue weighted by Gasteiger charge is -2.33. The summed E-state index contributed by atoms with van der Waals surface area (Å²) in [5.74, 6) is -0.622. The number of fused-ring (bicyclic) bond motifs is 2. The van der Waals surface area contributed by atoms with E-state index < -0.39 is 35.1 Å². The van der Waals surface area contributed by atoms with Gasteiger partial charge in [-0.2, -0.15) is 10.4 Å². The topological polar surface area (TPSA) is 128 Å². The summed E-state index contributed by atoms with van der Waals surface area (Å²) in [6, 6.07) is 5.68. The number of ether oxygens (including phenoxy) is 3. The van der Waals surface area contributed by atoms with E-state index in [1.54, 1.807) is 41.7 Å². The van der Waals surface area contributed by atoms with Crippen LogP contribution in [0.5, 0.6) is 0 Å². The lowest BCUT2D eigenvalue weighted by molar-refractivity contribution is -0.210. The Hall–Kier alpha value is -2.12. The third kappa shape index (κ3) is 2.27. The molecule has 26 heavy (non-hydrogen) atoms. The summed E-state index contributed by atoms with van der Waals surface area (Å²) >= 11 is 0. The Kier molecular flexibility index (Phi) is 3.46. The van der Waals surface area contributed by atoms with Crippen molar-refractivity contribution in [2.24, 2.45) is 0 Å². The number of aromatic nitrogens is 3. The highest BCUT2D eigenvalue weighted by Crippen LogP contribution is 2.50. The zero-order valence-corrected chi connectivity index (χ0v) is 15.0. The minimum atomic E-state index is -1.52. The van der Waals surface area contributed by atoms with E-state index in [9.17, 15) is 10.4 Å². The maximum atomic E-state index is 10.6. The van der Waals surface area contributed by atoms with Crippen molar-refractivity contribution in [1.82, 2.24) is 14.6 Å². The molecule has 11 heteroatoms. The van der Waals surface area contributed by atoms with E-state index in [-0.39, 0.29) is 5.82 Å². The Morgan fingerprint density at radius 2 is 2.08 bits per heavy atom. The summed E-state index contributed by atoms with van der Waals surface area (Å²) in [7, 11) is 3.24. The van der Waals surface area contributed by atoms with Crippen molar-refractivity contribution in [3.63, 3.8) is 0 Å². The molecule has 4 heterocycles. The summed E-state index contributed by atoms with van der Waals surface area (Å²) in [6.45, 7) is 3.54. The van der Waals surface area contributed by atoms with Crippen molar-refractivity contribution < 1.29 is 19.3 Å². The fourth-order valence-corrected chi connectivity index (χ4v) is 3.79. The molecule has 0 saturated carbocycles. The molecule has 2 fully saturated rings. The highest BCUT2D eigenvalue weighted by Gasteiger charge is 2.67. The zero-order chi connectivity index (χ0) is 18.9. The summed E-state index contributed by atoms with van der Waals surface area (Å²) < 4.78 is 19.7. The zero-order valence-electron chi connectivity index (χ0n) is 15.0. The van der Waals surface area contributed by atoms with Gasteiger partial charge in [0.05, 0.1) is 5.69 Å². The SMILES string of the molecule is BC(B)(O)C1O[C@@](C#N)(c2ccc3c(N)ncnn23)[C@@H]2OC(C)(C)O[C@H]12. The van der Waals surface area contributed by atoms with Crippen LogP contribution in [0.4, 0.5) is 5.82 Å². The first kappa shape index (κ1) is 17.3. The second-order valence-electron chi connectivity index (χ2n) is 7.72. The first-order chi connectivity index (χ1) is 12.1. The average molecular weight is 355 g/mol. The number of nitrogen functional groups attached to an aromatic ring is 1. The fourth-order valence-electron chi connectivity index (χ4n) is 3.79. The predicted molar refractivity (Wildman–Crippen MR) is 95.4 cm³/mol. The molecule has 0 bridgehead atoms. The lowest BCUT2D eigenvalue weighted by Crippen LogP contribution is -2.50. The number of nitrogens with two attached hydrogens (primary N) is 1. The minimum absolute atomic E-state index is 0.289. The van der Waals surface area contributed by atoms with Crippen LogP contribution in [0.2, 0.25) is 0 Å². The molecular formula is C15H19B2N5O4. The van der Waals surface area contributed by atoms with E-state index in [2.05, 4.69) is 16.2 Å². The molecule has 4 atom stereocenters. The second kappa shape index (κ2) is 5.20. The van der Waals surface area contributed by atoms with E-state index in [1.165, 1.54) is 10.8 Å². The van der Waals surface area contributed by atoms with Gasteiger partial charge in [0.15, 0.2) is 11.6 Å². The summed E-state index contributed by atoms with van der Waals surface area (Å²) in [5, 5.41) is 23.7. The Morgan fingerprint density at radius 3 is 2.73 bits per heavy atom. The van der Waals surface area contributed by atoms with Gasteiger partial charge in [0.2, 0.25) is 5.60 Å². The number of anilines is 1. The van der Waals surface area contributed by atoms with Crippen molar-refractivity contribution in [3.05, 3.63) is 24.2 Å². The van der Waals surface area contributed by atoms with Gasteiger partial charge in [-0.15, -0.1) is 0 Å². The van der Waals surface area contributed by atoms with Crippen LogP contribution in [-0.4, -0.2) is 64.9 Å². The third-order valence-electron chi connectivity index (χ3n) is 4.87. The molecule has 2 aromatic rings. The number of nitriles is 1. The van der Waals surface area contributed by atoms with Crippen molar-refractivity contribution >= 4 is 27.0 Å². The molecule has 0 spiro atoms. The summed E-state index contributed by atoms with van der Waals surface area (Å²) in [4.78, 5) is 3.97. The number of hydrogen-bond acceptors (Lipinski definition) is 8. The fraction of sp³-hybridized carbons (Fsp3) is 0.533. The first-order valence-electron chi connectivity index (χ1n) is 8.35. The molecule has 3 N–H and O–H groups in total. The normalized spacial score (nSPS) is 33.2. The maximum absolute atomic E-state index is 10.6. The molecule has 2 saturated heterocycles. The van der Waals surface area contributed by atoms with E-state index in [1.807, 2.05) is 0 Å². The van der Waals surface area contributed by atoms with E-state index in [0.29, 0.717) is 11.2 Å². The first-order valence-corrected chi connectivity index (χ1v) is 8.35. The third-order valence-corrected chi connectivity index (χ3v) is 4.87. The van der Waals surface area contributed by atoms with Crippen LogP contribution in [-0.2, 0) is 19.8 Å². The smallest absolute Gasteiger partial charge is 0.226 e.